The summed E-state index contributed by atoms with van der Waals surface area (Å²) >= 11 is 0. The SMILES string of the molecule is CCCN(CC)C(=O)NC(C)C(C)C(=O)O. The van der Waals surface area contributed by atoms with Crippen molar-refractivity contribution in [2.45, 2.75) is 40.2 Å². The fourth-order valence-electron chi connectivity index (χ4n) is 1.30. The highest BCUT2D eigenvalue weighted by atomic mass is 16.4. The smallest absolute Gasteiger partial charge is 0.317 e. The second-order valence-electron chi connectivity index (χ2n) is 3.94. The van der Waals surface area contributed by atoms with Crippen LogP contribution in [0.2, 0.25) is 0 Å². The maximum Gasteiger partial charge on any atom is 0.317 e. The fourth-order valence-corrected chi connectivity index (χ4v) is 1.30. The summed E-state index contributed by atoms with van der Waals surface area (Å²) < 4.78 is 0. The maximum absolute atomic E-state index is 11.7. The van der Waals surface area contributed by atoms with Crippen molar-refractivity contribution in [2.24, 2.45) is 5.92 Å². The van der Waals surface area contributed by atoms with Gasteiger partial charge in [0, 0.05) is 19.1 Å². The molecule has 0 bridgehead atoms. The summed E-state index contributed by atoms with van der Waals surface area (Å²) in [5.41, 5.74) is 0. The van der Waals surface area contributed by atoms with E-state index in [4.69, 9.17) is 5.11 Å². The number of aliphatic carboxylic acids is 1. The lowest BCUT2D eigenvalue weighted by molar-refractivity contribution is -0.141. The van der Waals surface area contributed by atoms with Gasteiger partial charge in [0.05, 0.1) is 5.92 Å². The van der Waals surface area contributed by atoms with Gasteiger partial charge in [0.1, 0.15) is 0 Å². The Balaban J connectivity index is 4.26. The van der Waals surface area contributed by atoms with E-state index in [0.29, 0.717) is 13.1 Å². The van der Waals surface area contributed by atoms with Gasteiger partial charge in [-0.1, -0.05) is 6.92 Å². The third kappa shape index (κ3) is 4.51. The first-order chi connectivity index (χ1) is 7.43. The van der Waals surface area contributed by atoms with Gasteiger partial charge in [0.2, 0.25) is 0 Å². The van der Waals surface area contributed by atoms with E-state index in [1.54, 1.807) is 18.7 Å². The summed E-state index contributed by atoms with van der Waals surface area (Å²) in [6.07, 6.45) is 0.893. The Bertz CT molecular complexity index is 243. The van der Waals surface area contributed by atoms with Crippen LogP contribution in [0.1, 0.15) is 34.1 Å². The molecule has 5 heteroatoms. The van der Waals surface area contributed by atoms with Crippen LogP contribution in [0.4, 0.5) is 4.79 Å². The van der Waals surface area contributed by atoms with Crippen molar-refractivity contribution >= 4 is 12.0 Å². The van der Waals surface area contributed by atoms with Gasteiger partial charge >= 0.3 is 12.0 Å². The van der Waals surface area contributed by atoms with Crippen LogP contribution >= 0.6 is 0 Å². The number of hydrogen-bond donors (Lipinski definition) is 2. The van der Waals surface area contributed by atoms with Gasteiger partial charge in [0.25, 0.3) is 0 Å². The standard InChI is InChI=1S/C11H22N2O3/c1-5-7-13(6-2)11(16)12-9(4)8(3)10(14)15/h8-9H,5-7H2,1-4H3,(H,12,16)(H,14,15). The maximum atomic E-state index is 11.7. The molecule has 5 nitrogen and oxygen atoms in total. The summed E-state index contributed by atoms with van der Waals surface area (Å²) in [6.45, 7) is 8.52. The molecular weight excluding hydrogens is 208 g/mol. The Morgan fingerprint density at radius 2 is 1.88 bits per heavy atom. The zero-order valence-electron chi connectivity index (χ0n) is 10.5. The molecule has 2 unspecified atom stereocenters. The lowest BCUT2D eigenvalue weighted by atomic mass is 10.0. The Morgan fingerprint density at radius 1 is 1.31 bits per heavy atom. The number of urea groups is 1. The molecule has 94 valence electrons. The Hall–Kier alpha value is -1.26. The van der Waals surface area contributed by atoms with E-state index in [1.165, 1.54) is 0 Å². The van der Waals surface area contributed by atoms with Crippen LogP contribution in [0.25, 0.3) is 0 Å². The molecule has 0 aromatic carbocycles. The lowest BCUT2D eigenvalue weighted by Crippen LogP contribution is -2.47. The number of carboxylic acids is 1. The van der Waals surface area contributed by atoms with Crippen LogP contribution in [0, 0.1) is 5.92 Å². The number of nitrogens with one attached hydrogen (secondary N) is 1. The molecule has 0 aliphatic carbocycles. The number of hydrogen-bond acceptors (Lipinski definition) is 2. The molecule has 0 aromatic heterocycles. The van der Waals surface area contributed by atoms with Gasteiger partial charge < -0.3 is 15.3 Å². The fraction of sp³-hybridized carbons (Fsp3) is 0.818. The first-order valence-corrected chi connectivity index (χ1v) is 5.72. The first-order valence-electron chi connectivity index (χ1n) is 5.72. The van der Waals surface area contributed by atoms with Gasteiger partial charge in [0.15, 0.2) is 0 Å². The molecule has 0 aromatic rings. The van der Waals surface area contributed by atoms with E-state index in [0.717, 1.165) is 6.42 Å². The van der Waals surface area contributed by atoms with E-state index in [2.05, 4.69) is 5.32 Å². The summed E-state index contributed by atoms with van der Waals surface area (Å²) in [4.78, 5) is 24.1. The minimum absolute atomic E-state index is 0.190. The van der Waals surface area contributed by atoms with Gasteiger partial charge in [-0.25, -0.2) is 4.79 Å². The van der Waals surface area contributed by atoms with Crippen molar-refractivity contribution < 1.29 is 14.7 Å². The quantitative estimate of drug-likeness (QED) is 0.727. The highest BCUT2D eigenvalue weighted by Crippen LogP contribution is 2.03. The zero-order valence-corrected chi connectivity index (χ0v) is 10.5. The molecule has 0 saturated carbocycles. The first kappa shape index (κ1) is 14.7. The van der Waals surface area contributed by atoms with E-state index >= 15 is 0 Å². The third-order valence-corrected chi connectivity index (χ3v) is 2.65. The van der Waals surface area contributed by atoms with Crippen molar-refractivity contribution in [3.05, 3.63) is 0 Å². The van der Waals surface area contributed by atoms with E-state index in [-0.39, 0.29) is 12.1 Å². The van der Waals surface area contributed by atoms with Crippen LogP contribution in [-0.2, 0) is 4.79 Å². The molecule has 2 atom stereocenters. The largest absolute Gasteiger partial charge is 0.481 e. The van der Waals surface area contributed by atoms with Crippen LogP contribution < -0.4 is 5.32 Å². The van der Waals surface area contributed by atoms with Crippen molar-refractivity contribution in [3.8, 4) is 0 Å². The summed E-state index contributed by atoms with van der Waals surface area (Å²) in [6, 6.07) is -0.555. The lowest BCUT2D eigenvalue weighted by Gasteiger charge is -2.25. The highest BCUT2D eigenvalue weighted by Gasteiger charge is 2.22. The van der Waals surface area contributed by atoms with E-state index in [9.17, 15) is 9.59 Å². The van der Waals surface area contributed by atoms with Gasteiger partial charge in [-0.05, 0) is 27.2 Å². The molecule has 0 rings (SSSR count). The summed E-state index contributed by atoms with van der Waals surface area (Å²) in [7, 11) is 0. The second-order valence-corrected chi connectivity index (χ2v) is 3.94. The second kappa shape index (κ2) is 7.09. The topological polar surface area (TPSA) is 69.6 Å². The number of rotatable bonds is 6. The molecule has 16 heavy (non-hydrogen) atoms. The van der Waals surface area contributed by atoms with E-state index in [1.807, 2.05) is 13.8 Å². The Kier molecular flexibility index (Phi) is 6.53. The normalized spacial score (nSPS) is 14.0. The number of amides is 2. The predicted molar refractivity (Wildman–Crippen MR) is 62.3 cm³/mol. The average molecular weight is 230 g/mol. The number of nitrogens with zero attached hydrogens (tertiary/aromatic N) is 1. The van der Waals surface area contributed by atoms with E-state index < -0.39 is 11.9 Å². The molecule has 0 fully saturated rings. The van der Waals surface area contributed by atoms with Crippen molar-refractivity contribution in [1.82, 2.24) is 10.2 Å². The highest BCUT2D eigenvalue weighted by molar-refractivity contribution is 5.76. The molecule has 0 heterocycles. The summed E-state index contributed by atoms with van der Waals surface area (Å²) in [5.74, 6) is -1.48. The van der Waals surface area contributed by atoms with Crippen LogP contribution in [0.15, 0.2) is 0 Å². The molecule has 0 aliphatic rings. The molecular formula is C11H22N2O3. The van der Waals surface area contributed by atoms with Gasteiger partial charge in [-0.3, -0.25) is 4.79 Å². The zero-order chi connectivity index (χ0) is 12.7. The summed E-state index contributed by atoms with van der Waals surface area (Å²) in [5, 5.41) is 11.5. The molecule has 0 spiro atoms. The third-order valence-electron chi connectivity index (χ3n) is 2.65. The Labute approximate surface area is 96.8 Å². The van der Waals surface area contributed by atoms with Crippen LogP contribution in [0.3, 0.4) is 0 Å². The van der Waals surface area contributed by atoms with Gasteiger partial charge in [-0.2, -0.15) is 0 Å². The van der Waals surface area contributed by atoms with Crippen molar-refractivity contribution in [2.75, 3.05) is 13.1 Å². The predicted octanol–water partition coefficient (Wildman–Crippen LogP) is 1.54. The molecule has 0 aliphatic heterocycles. The monoisotopic (exact) mass is 230 g/mol. The van der Waals surface area contributed by atoms with Crippen molar-refractivity contribution in [1.29, 1.82) is 0 Å². The average Bonchev–Trinajstić information content (AvgIpc) is 2.24. The number of carbonyl (C=O) groups is 2. The minimum Gasteiger partial charge on any atom is -0.481 e. The van der Waals surface area contributed by atoms with Crippen LogP contribution in [0.5, 0.6) is 0 Å². The number of carbonyl (C=O) groups excluding carboxylic acids is 1. The van der Waals surface area contributed by atoms with Crippen LogP contribution in [-0.4, -0.2) is 41.1 Å². The van der Waals surface area contributed by atoms with Gasteiger partial charge in [-0.15, -0.1) is 0 Å². The Morgan fingerprint density at radius 3 is 2.25 bits per heavy atom. The molecule has 2 amide bonds. The molecule has 0 radical (unpaired) electrons. The van der Waals surface area contributed by atoms with Crippen molar-refractivity contribution in [3.63, 3.8) is 0 Å². The minimum atomic E-state index is -0.897. The molecule has 0 saturated heterocycles. The number of carboxylic acid groups (broad SMARTS) is 1. The molecule has 2 N–H and O–H groups in total.